The minimum Gasteiger partial charge on any atom is -0.382 e. The van der Waals surface area contributed by atoms with Crippen molar-refractivity contribution in [2.75, 3.05) is 60.4 Å². The Morgan fingerprint density at radius 1 is 0.736 bits per heavy atom. The van der Waals surface area contributed by atoms with Crippen molar-refractivity contribution in [1.29, 1.82) is 0 Å². The molecule has 53 heavy (non-hydrogen) atoms. The van der Waals surface area contributed by atoms with E-state index in [1.54, 1.807) is 7.11 Å². The molecule has 0 saturated carbocycles. The number of amides is 3. The number of aryl methyl sites for hydroxylation is 2. The monoisotopic (exact) mass is 739 g/mol. The molecule has 292 valence electrons. The lowest BCUT2D eigenvalue weighted by atomic mass is 10.0. The van der Waals surface area contributed by atoms with E-state index >= 15 is 0 Å². The van der Waals surface area contributed by atoms with E-state index in [-0.39, 0.29) is 32.0 Å². The molecule has 2 aromatic carbocycles. The van der Waals surface area contributed by atoms with Gasteiger partial charge in [-0.05, 0) is 68.1 Å². The summed E-state index contributed by atoms with van der Waals surface area (Å²) in [6.45, 7) is 1.39. The molecule has 3 rings (SSSR count). The van der Waals surface area contributed by atoms with E-state index in [2.05, 4.69) is 35.1 Å². The van der Waals surface area contributed by atoms with Gasteiger partial charge in [-0.1, -0.05) is 67.4 Å². The fraction of sp³-hybridized carbons (Fsp3) is 0.575. The lowest BCUT2D eigenvalue weighted by Gasteiger charge is -2.28. The maximum Gasteiger partial charge on any atom is 0.354 e. The molecule has 1 fully saturated rings. The van der Waals surface area contributed by atoms with Gasteiger partial charge in [0.2, 0.25) is 11.8 Å². The van der Waals surface area contributed by atoms with Crippen LogP contribution in [0.5, 0.6) is 0 Å². The van der Waals surface area contributed by atoms with Gasteiger partial charge in [0.05, 0.1) is 32.8 Å². The van der Waals surface area contributed by atoms with Crippen molar-refractivity contribution >= 4 is 29.5 Å². The molecule has 2 aromatic rings. The molecule has 1 saturated heterocycles. The molecule has 2 N–H and O–H groups in total. The quantitative estimate of drug-likeness (QED) is 0.108. The first-order valence-corrected chi connectivity index (χ1v) is 18.7. The SMILES string of the molecule is COCCOCC(=O)CCCCC[C@H](NC(=O)COCCOC)C(=O)N1CCC[C@H]1C(=O)ONC(=O)Cc1ccc(CCCCc2ccccc2)cc1. The molecule has 1 aliphatic rings. The van der Waals surface area contributed by atoms with Gasteiger partial charge in [0.15, 0.2) is 5.78 Å². The number of ether oxygens (including phenoxy) is 4. The van der Waals surface area contributed by atoms with Crippen molar-refractivity contribution in [2.45, 2.75) is 89.1 Å². The summed E-state index contributed by atoms with van der Waals surface area (Å²) < 4.78 is 20.4. The van der Waals surface area contributed by atoms with Crippen LogP contribution in [0.25, 0.3) is 0 Å². The van der Waals surface area contributed by atoms with Gasteiger partial charge in [-0.2, -0.15) is 5.48 Å². The predicted octanol–water partition coefficient (Wildman–Crippen LogP) is 3.69. The molecule has 0 radical (unpaired) electrons. The first kappa shape index (κ1) is 43.2. The molecule has 0 unspecified atom stereocenters. The highest BCUT2D eigenvalue weighted by Crippen LogP contribution is 2.21. The van der Waals surface area contributed by atoms with Gasteiger partial charge >= 0.3 is 5.97 Å². The number of methoxy groups -OCH3 is 2. The highest BCUT2D eigenvalue weighted by molar-refractivity contribution is 5.91. The van der Waals surface area contributed by atoms with Crippen molar-refractivity contribution in [3.05, 3.63) is 71.3 Å². The average Bonchev–Trinajstić information content (AvgIpc) is 3.66. The summed E-state index contributed by atoms with van der Waals surface area (Å²) >= 11 is 0. The normalized spacial score (nSPS) is 14.5. The number of nitrogens with zero attached hydrogens (tertiary/aromatic N) is 1. The Bertz CT molecular complexity index is 1390. The Morgan fingerprint density at radius 3 is 2.06 bits per heavy atom. The van der Waals surface area contributed by atoms with Crippen LogP contribution in [-0.4, -0.2) is 107 Å². The number of carbonyl (C=O) groups is 5. The summed E-state index contributed by atoms with van der Waals surface area (Å²) in [6, 6.07) is 16.4. The highest BCUT2D eigenvalue weighted by atomic mass is 16.7. The lowest BCUT2D eigenvalue weighted by Crippen LogP contribution is -2.53. The number of carbonyl (C=O) groups excluding carboxylic acids is 5. The number of ketones is 1. The molecular formula is C40H57N3O10. The number of rotatable bonds is 26. The fourth-order valence-corrected chi connectivity index (χ4v) is 6.05. The van der Waals surface area contributed by atoms with Crippen LogP contribution in [0.3, 0.4) is 0 Å². The van der Waals surface area contributed by atoms with E-state index in [0.29, 0.717) is 71.3 Å². The van der Waals surface area contributed by atoms with Crippen LogP contribution < -0.4 is 10.8 Å². The number of likely N-dealkylation sites (tertiary alicyclic amines) is 1. The Morgan fingerprint density at radius 2 is 1.38 bits per heavy atom. The molecule has 1 aliphatic heterocycles. The van der Waals surface area contributed by atoms with Crippen LogP contribution in [0.4, 0.5) is 0 Å². The molecule has 2 atom stereocenters. The zero-order valence-corrected chi connectivity index (χ0v) is 31.3. The maximum atomic E-state index is 13.7. The summed E-state index contributed by atoms with van der Waals surface area (Å²) in [7, 11) is 3.09. The largest absolute Gasteiger partial charge is 0.382 e. The van der Waals surface area contributed by atoms with Crippen LogP contribution in [-0.2, 0) is 67.0 Å². The predicted molar refractivity (Wildman–Crippen MR) is 198 cm³/mol. The second kappa shape index (κ2) is 25.7. The zero-order valence-electron chi connectivity index (χ0n) is 31.3. The third-order valence-electron chi connectivity index (χ3n) is 8.93. The second-order valence-electron chi connectivity index (χ2n) is 13.2. The number of hydroxylamine groups is 1. The van der Waals surface area contributed by atoms with Gasteiger partial charge in [-0.15, -0.1) is 0 Å². The number of unbranched alkanes of at least 4 members (excludes halogenated alkanes) is 3. The molecule has 1 heterocycles. The third kappa shape index (κ3) is 17.5. The van der Waals surface area contributed by atoms with Crippen LogP contribution in [0.15, 0.2) is 54.6 Å². The van der Waals surface area contributed by atoms with Gasteiger partial charge in [-0.3, -0.25) is 19.2 Å². The van der Waals surface area contributed by atoms with Gasteiger partial charge < -0.3 is 34.0 Å². The third-order valence-corrected chi connectivity index (χ3v) is 8.93. The van der Waals surface area contributed by atoms with Gasteiger partial charge in [0.1, 0.15) is 25.3 Å². The standard InChI is InChI=1S/C40H57N3O10/c1-49-24-26-51-29-34(44)16-7-4-8-17-35(41-38(46)30-52-27-25-50-2)39(47)43-23-11-18-36(43)40(48)53-42-37(45)28-33-21-19-32(20-22-33)15-10-9-14-31-12-5-3-6-13-31/h3,5-6,12-13,19-22,35-36H,4,7-11,14-18,23-30H2,1-2H3,(H,41,46)(H,42,45)/t35-,36-/m0/s1. The van der Waals surface area contributed by atoms with Crippen LogP contribution >= 0.6 is 0 Å². The number of hydrogen-bond acceptors (Lipinski definition) is 10. The van der Waals surface area contributed by atoms with E-state index < -0.39 is 35.8 Å². The van der Waals surface area contributed by atoms with Crippen molar-refractivity contribution in [2.24, 2.45) is 0 Å². The van der Waals surface area contributed by atoms with Gasteiger partial charge in [0.25, 0.3) is 5.91 Å². The van der Waals surface area contributed by atoms with E-state index in [0.717, 1.165) is 31.2 Å². The molecule has 13 nitrogen and oxygen atoms in total. The topological polar surface area (TPSA) is 159 Å². The summed E-state index contributed by atoms with van der Waals surface area (Å²) in [4.78, 5) is 70.8. The van der Waals surface area contributed by atoms with Crippen molar-refractivity contribution < 1.29 is 47.8 Å². The van der Waals surface area contributed by atoms with E-state index in [1.807, 2.05) is 30.3 Å². The highest BCUT2D eigenvalue weighted by Gasteiger charge is 2.39. The van der Waals surface area contributed by atoms with Crippen LogP contribution in [0.1, 0.15) is 74.5 Å². The lowest BCUT2D eigenvalue weighted by molar-refractivity contribution is -0.164. The summed E-state index contributed by atoms with van der Waals surface area (Å²) in [6.07, 6.45) is 7.60. The zero-order chi connectivity index (χ0) is 38.1. The summed E-state index contributed by atoms with van der Waals surface area (Å²) in [5.74, 6) is -2.12. The molecule has 0 spiro atoms. The van der Waals surface area contributed by atoms with E-state index in [9.17, 15) is 24.0 Å². The number of Topliss-reactive ketones (excluding diaryl/α,β-unsaturated/α-hetero) is 1. The smallest absolute Gasteiger partial charge is 0.354 e. The molecule has 13 heteroatoms. The van der Waals surface area contributed by atoms with Gasteiger partial charge in [0, 0.05) is 27.2 Å². The van der Waals surface area contributed by atoms with Crippen molar-refractivity contribution in [3.63, 3.8) is 0 Å². The van der Waals surface area contributed by atoms with Gasteiger partial charge in [-0.25, -0.2) is 4.79 Å². The molecule has 3 amide bonds. The van der Waals surface area contributed by atoms with Crippen molar-refractivity contribution in [3.8, 4) is 0 Å². The number of nitrogens with one attached hydrogen (secondary N) is 2. The first-order chi connectivity index (χ1) is 25.8. The van der Waals surface area contributed by atoms with Crippen LogP contribution in [0, 0.1) is 0 Å². The van der Waals surface area contributed by atoms with Crippen LogP contribution in [0.2, 0.25) is 0 Å². The Hall–Kier alpha value is -4.17. The van der Waals surface area contributed by atoms with E-state index in [1.165, 1.54) is 23.1 Å². The molecule has 0 aliphatic carbocycles. The minimum absolute atomic E-state index is 0.0145. The summed E-state index contributed by atoms with van der Waals surface area (Å²) in [5.41, 5.74) is 5.56. The second-order valence-corrected chi connectivity index (χ2v) is 13.2. The molecule has 0 aromatic heterocycles. The first-order valence-electron chi connectivity index (χ1n) is 18.7. The van der Waals surface area contributed by atoms with E-state index in [4.69, 9.17) is 23.8 Å². The number of hydrogen-bond donors (Lipinski definition) is 2. The maximum absolute atomic E-state index is 13.7. The number of benzene rings is 2. The minimum atomic E-state index is -0.906. The summed E-state index contributed by atoms with van der Waals surface area (Å²) in [5, 5.41) is 2.76. The Labute approximate surface area is 313 Å². The fourth-order valence-electron chi connectivity index (χ4n) is 6.05. The Kier molecular flexibility index (Phi) is 21.0. The molecule has 0 bridgehead atoms. The average molecular weight is 740 g/mol. The Balaban J connectivity index is 1.45. The van der Waals surface area contributed by atoms with Crippen molar-refractivity contribution in [1.82, 2.24) is 15.7 Å². The molecular weight excluding hydrogens is 682 g/mol.